The van der Waals surface area contributed by atoms with E-state index in [9.17, 15) is 0 Å². The van der Waals surface area contributed by atoms with E-state index in [0.29, 0.717) is 6.04 Å². The van der Waals surface area contributed by atoms with Crippen LogP contribution < -0.4 is 11.1 Å². The first-order chi connectivity index (χ1) is 6.85. The molecular formula is C10H20N2OS. The van der Waals surface area contributed by atoms with Crippen LogP contribution in [0.15, 0.2) is 0 Å². The summed E-state index contributed by atoms with van der Waals surface area (Å²) in [6, 6.07) is 0.631. The molecule has 0 aromatic rings. The molecule has 3 N–H and O–H groups in total. The lowest BCUT2D eigenvalue weighted by Crippen LogP contribution is -2.48. The van der Waals surface area contributed by atoms with E-state index in [4.69, 9.17) is 10.5 Å². The largest absolute Gasteiger partial charge is 0.374 e. The zero-order valence-electron chi connectivity index (χ0n) is 8.63. The van der Waals surface area contributed by atoms with E-state index in [1.807, 2.05) is 11.8 Å². The Morgan fingerprint density at radius 1 is 1.57 bits per heavy atom. The van der Waals surface area contributed by atoms with Crippen molar-refractivity contribution in [2.45, 2.75) is 30.9 Å². The highest BCUT2D eigenvalue weighted by atomic mass is 32.2. The van der Waals surface area contributed by atoms with Crippen LogP contribution in [0.2, 0.25) is 0 Å². The van der Waals surface area contributed by atoms with Gasteiger partial charge in [0, 0.05) is 31.5 Å². The summed E-state index contributed by atoms with van der Waals surface area (Å²) in [5.41, 5.74) is 5.70. The van der Waals surface area contributed by atoms with Gasteiger partial charge in [0.2, 0.25) is 0 Å². The minimum Gasteiger partial charge on any atom is -0.374 e. The quantitative estimate of drug-likeness (QED) is 0.725. The van der Waals surface area contributed by atoms with Crippen LogP contribution in [0.5, 0.6) is 0 Å². The molecule has 0 aromatic carbocycles. The van der Waals surface area contributed by atoms with Gasteiger partial charge in [-0.05, 0) is 25.0 Å². The van der Waals surface area contributed by atoms with Crippen molar-refractivity contribution in [3.63, 3.8) is 0 Å². The van der Waals surface area contributed by atoms with Gasteiger partial charge in [-0.2, -0.15) is 11.8 Å². The molecule has 0 saturated carbocycles. The van der Waals surface area contributed by atoms with Crippen LogP contribution >= 0.6 is 11.8 Å². The van der Waals surface area contributed by atoms with Crippen LogP contribution in [-0.4, -0.2) is 42.8 Å². The van der Waals surface area contributed by atoms with Crippen molar-refractivity contribution < 1.29 is 4.74 Å². The summed E-state index contributed by atoms with van der Waals surface area (Å²) >= 11 is 2.03. The molecule has 2 unspecified atom stereocenters. The molecule has 2 aliphatic rings. The number of hydrogen-bond donors (Lipinski definition) is 2. The van der Waals surface area contributed by atoms with E-state index < -0.39 is 0 Å². The number of thioether (sulfide) groups is 1. The molecule has 0 aromatic heterocycles. The smallest absolute Gasteiger partial charge is 0.0795 e. The number of ether oxygens (including phenoxy) is 1. The Morgan fingerprint density at radius 2 is 2.50 bits per heavy atom. The van der Waals surface area contributed by atoms with Crippen LogP contribution in [0.25, 0.3) is 0 Å². The van der Waals surface area contributed by atoms with E-state index in [2.05, 4.69) is 5.32 Å². The van der Waals surface area contributed by atoms with Crippen molar-refractivity contribution in [1.29, 1.82) is 0 Å². The van der Waals surface area contributed by atoms with Gasteiger partial charge in [-0.15, -0.1) is 0 Å². The van der Waals surface area contributed by atoms with Gasteiger partial charge in [0.25, 0.3) is 0 Å². The van der Waals surface area contributed by atoms with Crippen molar-refractivity contribution in [2.75, 3.05) is 31.2 Å². The molecule has 82 valence electrons. The van der Waals surface area contributed by atoms with Crippen molar-refractivity contribution >= 4 is 11.8 Å². The topological polar surface area (TPSA) is 47.3 Å². The second kappa shape index (κ2) is 4.84. The van der Waals surface area contributed by atoms with Gasteiger partial charge in [-0.1, -0.05) is 0 Å². The molecule has 2 saturated heterocycles. The summed E-state index contributed by atoms with van der Waals surface area (Å²) in [6.45, 7) is 2.59. The predicted molar refractivity (Wildman–Crippen MR) is 60.7 cm³/mol. The summed E-state index contributed by atoms with van der Waals surface area (Å²) in [5, 5.41) is 3.51. The third kappa shape index (κ3) is 2.42. The average molecular weight is 216 g/mol. The Balaban J connectivity index is 1.83. The van der Waals surface area contributed by atoms with Crippen molar-refractivity contribution in [1.82, 2.24) is 5.32 Å². The fraction of sp³-hybridized carbons (Fsp3) is 1.00. The van der Waals surface area contributed by atoms with Gasteiger partial charge >= 0.3 is 0 Å². The Morgan fingerprint density at radius 3 is 3.21 bits per heavy atom. The van der Waals surface area contributed by atoms with Gasteiger partial charge in [-0.3, -0.25) is 0 Å². The molecule has 2 rings (SSSR count). The van der Waals surface area contributed by atoms with Gasteiger partial charge < -0.3 is 15.8 Å². The minimum absolute atomic E-state index is 0.204. The molecule has 4 heteroatoms. The summed E-state index contributed by atoms with van der Waals surface area (Å²) in [7, 11) is 0. The molecule has 2 heterocycles. The van der Waals surface area contributed by atoms with Crippen LogP contribution in [0.3, 0.4) is 0 Å². The summed E-state index contributed by atoms with van der Waals surface area (Å²) < 4.78 is 5.94. The normalized spacial score (nSPS) is 37.9. The summed E-state index contributed by atoms with van der Waals surface area (Å²) in [6.07, 6.45) is 3.56. The summed E-state index contributed by atoms with van der Waals surface area (Å²) in [5.74, 6) is 2.46. The number of rotatable bonds is 3. The van der Waals surface area contributed by atoms with E-state index in [1.165, 1.54) is 24.3 Å². The molecule has 1 spiro atoms. The Kier molecular flexibility index (Phi) is 3.71. The molecule has 14 heavy (non-hydrogen) atoms. The third-order valence-electron chi connectivity index (χ3n) is 3.14. The van der Waals surface area contributed by atoms with Gasteiger partial charge in [-0.25, -0.2) is 0 Å². The zero-order valence-corrected chi connectivity index (χ0v) is 9.44. The number of nitrogens with two attached hydrogens (primary N) is 1. The standard InChI is InChI=1S/C10H20N2OS/c11-3-4-12-9-1-5-13-10(7-9)2-6-14-8-10/h9,12H,1-8,11H2. The second-order valence-electron chi connectivity index (χ2n) is 4.27. The van der Waals surface area contributed by atoms with Crippen LogP contribution in [0.4, 0.5) is 0 Å². The lowest BCUT2D eigenvalue weighted by atomic mass is 9.90. The van der Waals surface area contributed by atoms with E-state index in [0.717, 1.165) is 26.1 Å². The fourth-order valence-electron chi connectivity index (χ4n) is 2.35. The third-order valence-corrected chi connectivity index (χ3v) is 4.36. The van der Waals surface area contributed by atoms with Crippen LogP contribution in [-0.2, 0) is 4.74 Å². The predicted octanol–water partition coefficient (Wildman–Crippen LogP) is 0.589. The highest BCUT2D eigenvalue weighted by Crippen LogP contribution is 2.38. The van der Waals surface area contributed by atoms with E-state index >= 15 is 0 Å². The molecule has 3 nitrogen and oxygen atoms in total. The monoisotopic (exact) mass is 216 g/mol. The lowest BCUT2D eigenvalue weighted by molar-refractivity contribution is -0.0699. The van der Waals surface area contributed by atoms with Crippen molar-refractivity contribution in [3.8, 4) is 0 Å². The van der Waals surface area contributed by atoms with E-state index in [-0.39, 0.29) is 5.60 Å². The molecule has 0 amide bonds. The second-order valence-corrected chi connectivity index (χ2v) is 5.37. The molecule has 2 atom stereocenters. The summed E-state index contributed by atoms with van der Waals surface area (Å²) in [4.78, 5) is 0. The first kappa shape index (κ1) is 10.7. The lowest BCUT2D eigenvalue weighted by Gasteiger charge is -2.38. The minimum atomic E-state index is 0.204. The molecule has 0 bridgehead atoms. The van der Waals surface area contributed by atoms with Crippen molar-refractivity contribution in [3.05, 3.63) is 0 Å². The van der Waals surface area contributed by atoms with E-state index in [1.54, 1.807) is 0 Å². The maximum absolute atomic E-state index is 5.94. The average Bonchev–Trinajstić information content (AvgIpc) is 2.63. The number of hydrogen-bond acceptors (Lipinski definition) is 4. The Labute approximate surface area is 90.1 Å². The number of nitrogens with one attached hydrogen (secondary N) is 1. The Hall–Kier alpha value is 0.230. The SMILES string of the molecule is NCCNC1CCOC2(CCSC2)C1. The van der Waals surface area contributed by atoms with Crippen molar-refractivity contribution in [2.24, 2.45) is 5.73 Å². The highest BCUT2D eigenvalue weighted by Gasteiger charge is 2.40. The maximum atomic E-state index is 5.94. The molecule has 2 fully saturated rings. The molecule has 2 aliphatic heterocycles. The van der Waals surface area contributed by atoms with Crippen LogP contribution in [0.1, 0.15) is 19.3 Å². The van der Waals surface area contributed by atoms with Gasteiger partial charge in [0.1, 0.15) is 0 Å². The Bertz CT molecular complexity index is 183. The molecule has 0 radical (unpaired) electrons. The van der Waals surface area contributed by atoms with Gasteiger partial charge in [0.15, 0.2) is 0 Å². The highest BCUT2D eigenvalue weighted by molar-refractivity contribution is 7.99. The fourth-order valence-corrected chi connectivity index (χ4v) is 3.73. The first-order valence-electron chi connectivity index (χ1n) is 5.50. The maximum Gasteiger partial charge on any atom is 0.0795 e. The molecule has 0 aliphatic carbocycles. The van der Waals surface area contributed by atoms with Gasteiger partial charge in [0.05, 0.1) is 5.60 Å². The van der Waals surface area contributed by atoms with Crippen LogP contribution in [0, 0.1) is 0 Å². The molecular weight excluding hydrogens is 196 g/mol. The first-order valence-corrected chi connectivity index (χ1v) is 6.65. The zero-order chi connectivity index (χ0) is 9.86.